The molecule has 0 radical (unpaired) electrons. The Morgan fingerprint density at radius 2 is 1.63 bits per heavy atom. The molecule has 0 bridgehead atoms. The van der Waals surface area contributed by atoms with E-state index in [-0.39, 0.29) is 47.5 Å². The second-order valence-electron chi connectivity index (χ2n) is 9.88. The quantitative estimate of drug-likeness (QED) is 0.253. The van der Waals surface area contributed by atoms with Crippen molar-refractivity contribution in [2.24, 2.45) is 5.41 Å². The molecule has 5 rings (SSSR count). The maximum absolute atomic E-state index is 15.1. The van der Waals surface area contributed by atoms with E-state index >= 15 is 4.39 Å². The van der Waals surface area contributed by atoms with Crippen molar-refractivity contribution < 1.29 is 32.6 Å². The summed E-state index contributed by atoms with van der Waals surface area (Å²) in [5.41, 5.74) is 0.576. The van der Waals surface area contributed by atoms with E-state index in [1.54, 1.807) is 19.1 Å². The number of Topliss-reactive ketones (excluding diaryl/α,β-unsaturated/α-hetero) is 2. The van der Waals surface area contributed by atoms with E-state index in [2.05, 4.69) is 15.3 Å². The fourth-order valence-corrected chi connectivity index (χ4v) is 4.73. The van der Waals surface area contributed by atoms with Crippen LogP contribution in [0.3, 0.4) is 0 Å². The van der Waals surface area contributed by atoms with Crippen LogP contribution in [0.2, 0.25) is 0 Å². The standard InChI is InChI=1S/C31H27F2N3O5/c1-3-34-29(39)22-15-21-24(16-26(22)40-2)35-11-8-25(21)41-30-23(33)12-19(17-36-30)14-28(38)31(9-10-31)27(37)13-18-4-6-20(32)7-5-18/h4-8,11-12,15-17H,3,9-10,13-14H2,1-2H3,(H,34,39). The van der Waals surface area contributed by atoms with Gasteiger partial charge in [-0.05, 0) is 61.2 Å². The van der Waals surface area contributed by atoms with Gasteiger partial charge in [-0.2, -0.15) is 0 Å². The lowest BCUT2D eigenvalue weighted by Gasteiger charge is -2.14. The summed E-state index contributed by atoms with van der Waals surface area (Å²) >= 11 is 0. The van der Waals surface area contributed by atoms with Crippen LogP contribution in [0.25, 0.3) is 10.9 Å². The van der Waals surface area contributed by atoms with E-state index in [1.165, 1.54) is 49.8 Å². The smallest absolute Gasteiger partial charge is 0.255 e. The summed E-state index contributed by atoms with van der Waals surface area (Å²) in [6, 6.07) is 11.4. The zero-order valence-electron chi connectivity index (χ0n) is 22.5. The molecule has 1 aliphatic carbocycles. The van der Waals surface area contributed by atoms with Crippen LogP contribution in [0, 0.1) is 17.0 Å². The lowest BCUT2D eigenvalue weighted by atomic mass is 9.88. The number of hydrogen-bond acceptors (Lipinski definition) is 7. The summed E-state index contributed by atoms with van der Waals surface area (Å²) < 4.78 is 39.4. The van der Waals surface area contributed by atoms with Gasteiger partial charge in [-0.3, -0.25) is 19.4 Å². The fourth-order valence-electron chi connectivity index (χ4n) is 4.73. The number of nitrogens with one attached hydrogen (secondary N) is 1. The van der Waals surface area contributed by atoms with Crippen molar-refractivity contribution in [3.8, 4) is 17.4 Å². The molecular weight excluding hydrogens is 532 g/mol. The van der Waals surface area contributed by atoms with Crippen LogP contribution in [0.15, 0.2) is 60.9 Å². The Balaban J connectivity index is 1.33. The molecule has 1 N–H and O–H groups in total. The van der Waals surface area contributed by atoms with E-state index in [0.29, 0.717) is 47.2 Å². The third-order valence-electron chi connectivity index (χ3n) is 7.14. The number of carbonyl (C=O) groups excluding carboxylic acids is 3. The van der Waals surface area contributed by atoms with Crippen LogP contribution >= 0.6 is 0 Å². The third-order valence-corrected chi connectivity index (χ3v) is 7.14. The van der Waals surface area contributed by atoms with E-state index in [9.17, 15) is 18.8 Å². The van der Waals surface area contributed by atoms with Crippen LogP contribution in [-0.4, -0.2) is 41.1 Å². The monoisotopic (exact) mass is 559 g/mol. The number of amides is 1. The van der Waals surface area contributed by atoms with Crippen molar-refractivity contribution in [2.75, 3.05) is 13.7 Å². The topological polar surface area (TPSA) is 107 Å². The van der Waals surface area contributed by atoms with Crippen molar-refractivity contribution in [1.82, 2.24) is 15.3 Å². The Morgan fingerprint density at radius 3 is 2.27 bits per heavy atom. The molecule has 1 saturated carbocycles. The average Bonchev–Trinajstić information content (AvgIpc) is 3.78. The minimum Gasteiger partial charge on any atom is -0.496 e. The highest BCUT2D eigenvalue weighted by Crippen LogP contribution is 2.49. The number of pyridine rings is 2. The molecule has 41 heavy (non-hydrogen) atoms. The fraction of sp³-hybridized carbons (Fsp3) is 0.258. The maximum atomic E-state index is 15.1. The van der Waals surface area contributed by atoms with E-state index in [4.69, 9.17) is 9.47 Å². The van der Waals surface area contributed by atoms with Gasteiger partial charge in [-0.25, -0.2) is 13.8 Å². The Bertz CT molecular complexity index is 1650. The zero-order chi connectivity index (χ0) is 29.1. The number of ether oxygens (including phenoxy) is 2. The molecule has 0 aliphatic heterocycles. The Morgan fingerprint density at radius 1 is 0.927 bits per heavy atom. The molecule has 8 nitrogen and oxygen atoms in total. The summed E-state index contributed by atoms with van der Waals surface area (Å²) in [4.78, 5) is 46.9. The Kier molecular flexibility index (Phi) is 7.74. The van der Waals surface area contributed by atoms with Crippen LogP contribution in [0.1, 0.15) is 41.3 Å². The number of benzene rings is 2. The van der Waals surface area contributed by atoms with Crippen LogP contribution < -0.4 is 14.8 Å². The summed E-state index contributed by atoms with van der Waals surface area (Å²) in [7, 11) is 1.45. The largest absolute Gasteiger partial charge is 0.496 e. The first-order valence-electron chi connectivity index (χ1n) is 13.1. The number of rotatable bonds is 11. The number of nitrogens with zero attached hydrogens (tertiary/aromatic N) is 2. The molecule has 1 amide bonds. The minimum absolute atomic E-state index is 0.0268. The maximum Gasteiger partial charge on any atom is 0.255 e. The van der Waals surface area contributed by atoms with Gasteiger partial charge in [-0.1, -0.05) is 12.1 Å². The van der Waals surface area contributed by atoms with Crippen molar-refractivity contribution >= 4 is 28.4 Å². The molecule has 2 aromatic carbocycles. The van der Waals surface area contributed by atoms with Gasteiger partial charge < -0.3 is 14.8 Å². The number of carbonyl (C=O) groups is 3. The second-order valence-corrected chi connectivity index (χ2v) is 9.88. The predicted octanol–water partition coefficient (Wildman–Crippen LogP) is 5.16. The first kappa shape index (κ1) is 27.8. The second kappa shape index (κ2) is 11.4. The summed E-state index contributed by atoms with van der Waals surface area (Å²) in [6.07, 6.45) is 3.55. The number of fused-ring (bicyclic) bond motifs is 1. The van der Waals surface area contributed by atoms with Crippen molar-refractivity contribution in [1.29, 1.82) is 0 Å². The van der Waals surface area contributed by atoms with Gasteiger partial charge in [0.2, 0.25) is 0 Å². The van der Waals surface area contributed by atoms with Gasteiger partial charge in [0.25, 0.3) is 11.8 Å². The minimum atomic E-state index is -1.10. The summed E-state index contributed by atoms with van der Waals surface area (Å²) in [6.45, 7) is 2.22. The average molecular weight is 560 g/mol. The first-order chi connectivity index (χ1) is 19.7. The lowest BCUT2D eigenvalue weighted by Crippen LogP contribution is -2.29. The molecule has 0 spiro atoms. The number of aromatic nitrogens is 2. The van der Waals surface area contributed by atoms with Gasteiger partial charge in [-0.15, -0.1) is 0 Å². The SMILES string of the molecule is CCNC(=O)c1cc2c(Oc3ncc(CC(=O)C4(C(=O)Cc5ccc(F)cc5)CC4)cc3F)ccnc2cc1OC. The molecule has 0 unspecified atom stereocenters. The van der Waals surface area contributed by atoms with Crippen LogP contribution in [0.5, 0.6) is 17.4 Å². The molecule has 4 aromatic rings. The van der Waals surface area contributed by atoms with Crippen LogP contribution in [-0.2, 0) is 22.4 Å². The van der Waals surface area contributed by atoms with Gasteiger partial charge in [0.05, 0.1) is 23.6 Å². The molecule has 2 aromatic heterocycles. The van der Waals surface area contributed by atoms with Gasteiger partial charge in [0.15, 0.2) is 17.4 Å². The van der Waals surface area contributed by atoms with E-state index < -0.39 is 17.0 Å². The first-order valence-corrected chi connectivity index (χ1v) is 13.1. The molecule has 210 valence electrons. The predicted molar refractivity (Wildman–Crippen MR) is 146 cm³/mol. The zero-order valence-corrected chi connectivity index (χ0v) is 22.5. The number of methoxy groups -OCH3 is 1. The summed E-state index contributed by atoms with van der Waals surface area (Å²) in [5, 5.41) is 3.17. The highest BCUT2D eigenvalue weighted by Gasteiger charge is 2.54. The van der Waals surface area contributed by atoms with Gasteiger partial charge >= 0.3 is 0 Å². The Hall–Kier alpha value is -4.73. The molecule has 0 atom stereocenters. The van der Waals surface area contributed by atoms with Gasteiger partial charge in [0.1, 0.15) is 17.3 Å². The van der Waals surface area contributed by atoms with Crippen molar-refractivity contribution in [3.63, 3.8) is 0 Å². The van der Waals surface area contributed by atoms with Gasteiger partial charge in [0, 0.05) is 43.2 Å². The summed E-state index contributed by atoms with van der Waals surface area (Å²) in [5.74, 6) is -1.83. The molecule has 1 aliphatic rings. The van der Waals surface area contributed by atoms with Crippen LogP contribution in [0.4, 0.5) is 8.78 Å². The number of ketones is 2. The molecule has 10 heteroatoms. The highest BCUT2D eigenvalue weighted by atomic mass is 19.1. The lowest BCUT2D eigenvalue weighted by molar-refractivity contribution is -0.133. The third kappa shape index (κ3) is 5.77. The highest BCUT2D eigenvalue weighted by molar-refractivity contribution is 6.11. The molecule has 0 saturated heterocycles. The molecule has 1 fully saturated rings. The number of halogens is 2. The van der Waals surface area contributed by atoms with E-state index in [1.807, 2.05) is 0 Å². The normalized spacial score (nSPS) is 13.5. The molecule has 2 heterocycles. The van der Waals surface area contributed by atoms with Crippen molar-refractivity contribution in [2.45, 2.75) is 32.6 Å². The Labute approximate surface area is 234 Å². The van der Waals surface area contributed by atoms with Crippen molar-refractivity contribution in [3.05, 3.63) is 89.2 Å². The molecular formula is C31H27F2N3O5. The van der Waals surface area contributed by atoms with E-state index in [0.717, 1.165) is 6.07 Å². The number of hydrogen-bond donors (Lipinski definition) is 1.